The number of hydroxylamine groups is 1. The molecule has 2 aromatic carbocycles. The smallest absolute Gasteiger partial charge is 0.267 e. The molecule has 1 heterocycles. The number of aryl methyl sites for hydroxylation is 1. The number of amides is 1. The van der Waals surface area contributed by atoms with Gasteiger partial charge in [0, 0.05) is 47.3 Å². The largest absolute Gasteiger partial charge is 0.395 e. The maximum atomic E-state index is 11.2. The van der Waals surface area contributed by atoms with Gasteiger partial charge in [-0.15, -0.1) is 0 Å². The number of carbonyl (C=O) groups excluding carboxylic acids is 1. The lowest BCUT2D eigenvalue weighted by Crippen LogP contribution is -2.32. The van der Waals surface area contributed by atoms with E-state index in [9.17, 15) is 9.90 Å². The Labute approximate surface area is 186 Å². The van der Waals surface area contributed by atoms with E-state index >= 15 is 0 Å². The van der Waals surface area contributed by atoms with Crippen molar-refractivity contribution in [1.82, 2.24) is 15.4 Å². The number of fused-ring (bicyclic) bond motifs is 2. The number of H-pyrrole nitrogens is 1. The predicted molar refractivity (Wildman–Crippen MR) is 122 cm³/mol. The van der Waals surface area contributed by atoms with Crippen molar-refractivity contribution >= 4 is 34.5 Å². The number of rotatable bonds is 8. The highest BCUT2D eigenvalue weighted by Crippen LogP contribution is 2.36. The zero-order valence-electron chi connectivity index (χ0n) is 17.1. The van der Waals surface area contributed by atoms with Gasteiger partial charge in [0.25, 0.3) is 5.91 Å². The third-order valence-corrected chi connectivity index (χ3v) is 6.21. The van der Waals surface area contributed by atoms with Crippen LogP contribution in [0.3, 0.4) is 0 Å². The lowest BCUT2D eigenvalue weighted by molar-refractivity contribution is -0.124. The van der Waals surface area contributed by atoms with Crippen LogP contribution in [0.4, 0.5) is 0 Å². The van der Waals surface area contributed by atoms with Crippen LogP contribution in [0.2, 0.25) is 5.02 Å². The van der Waals surface area contributed by atoms with Crippen LogP contribution in [0.1, 0.15) is 34.7 Å². The second-order valence-electron chi connectivity index (χ2n) is 7.84. The SMILES string of the molecule is O=C(/C=C/c1ccc2c(c1)CC[C@H]2N(CCO)CCc1c[nH]c2ccc(Cl)cc12)NO. The van der Waals surface area contributed by atoms with Gasteiger partial charge in [-0.1, -0.05) is 29.8 Å². The third-order valence-electron chi connectivity index (χ3n) is 5.98. The van der Waals surface area contributed by atoms with E-state index in [-0.39, 0.29) is 12.6 Å². The van der Waals surface area contributed by atoms with Crippen molar-refractivity contribution in [2.45, 2.75) is 25.3 Å². The number of aromatic amines is 1. The molecule has 1 aliphatic rings. The van der Waals surface area contributed by atoms with Crippen LogP contribution in [0.25, 0.3) is 17.0 Å². The summed E-state index contributed by atoms with van der Waals surface area (Å²) >= 11 is 6.18. The number of aromatic nitrogens is 1. The number of benzene rings is 2. The van der Waals surface area contributed by atoms with Gasteiger partial charge < -0.3 is 10.1 Å². The van der Waals surface area contributed by atoms with E-state index in [1.165, 1.54) is 22.8 Å². The molecule has 1 amide bonds. The van der Waals surface area contributed by atoms with Gasteiger partial charge in [0.2, 0.25) is 0 Å². The fraction of sp³-hybridized carbons (Fsp3) is 0.292. The molecule has 4 N–H and O–H groups in total. The lowest BCUT2D eigenvalue weighted by Gasteiger charge is -2.29. The summed E-state index contributed by atoms with van der Waals surface area (Å²) in [5.74, 6) is -0.550. The Balaban J connectivity index is 1.50. The number of hydrogen-bond donors (Lipinski definition) is 4. The number of nitrogens with one attached hydrogen (secondary N) is 2. The van der Waals surface area contributed by atoms with Crippen LogP contribution >= 0.6 is 11.6 Å². The first kappa shape index (κ1) is 21.6. The minimum absolute atomic E-state index is 0.114. The van der Waals surface area contributed by atoms with Gasteiger partial charge in [-0.3, -0.25) is 14.9 Å². The van der Waals surface area contributed by atoms with Crippen molar-refractivity contribution in [2.75, 3.05) is 19.7 Å². The van der Waals surface area contributed by atoms with E-state index in [1.54, 1.807) is 11.6 Å². The molecule has 0 bridgehead atoms. The molecule has 7 heteroatoms. The van der Waals surface area contributed by atoms with Crippen LogP contribution in [0.5, 0.6) is 0 Å². The molecule has 31 heavy (non-hydrogen) atoms. The summed E-state index contributed by atoms with van der Waals surface area (Å²) in [6.45, 7) is 1.57. The standard InChI is InChI=1S/C24H26ClN3O3/c25-19-4-6-22-21(14-19)18(15-26-22)9-10-28(11-12-29)23-7-3-17-13-16(1-5-20(17)23)2-8-24(30)27-31/h1-2,4-6,8,13-15,23,26,29,31H,3,7,9-12H2,(H,27,30)/b8-2+/t23-/m1/s1. The average Bonchev–Trinajstić information content (AvgIpc) is 3.38. The maximum absolute atomic E-state index is 11.2. The molecule has 4 rings (SSSR count). The second-order valence-corrected chi connectivity index (χ2v) is 8.27. The number of aliphatic hydroxyl groups excluding tert-OH is 1. The first-order valence-corrected chi connectivity index (χ1v) is 10.8. The molecule has 3 aromatic rings. The Hall–Kier alpha value is -2.64. The van der Waals surface area contributed by atoms with Crippen molar-refractivity contribution < 1.29 is 15.1 Å². The summed E-state index contributed by atoms with van der Waals surface area (Å²) in [6, 6.07) is 12.3. The quantitative estimate of drug-likeness (QED) is 0.244. The highest BCUT2D eigenvalue weighted by atomic mass is 35.5. The zero-order chi connectivity index (χ0) is 21.8. The van der Waals surface area contributed by atoms with Crippen molar-refractivity contribution in [1.29, 1.82) is 0 Å². The van der Waals surface area contributed by atoms with E-state index in [0.29, 0.717) is 6.54 Å². The second kappa shape index (κ2) is 9.66. The normalized spacial score (nSPS) is 15.8. The molecule has 1 aliphatic carbocycles. The van der Waals surface area contributed by atoms with Crippen LogP contribution in [-0.4, -0.2) is 45.8 Å². The Morgan fingerprint density at radius 1 is 1.26 bits per heavy atom. The fourth-order valence-electron chi connectivity index (χ4n) is 4.48. The summed E-state index contributed by atoms with van der Waals surface area (Å²) in [5.41, 5.74) is 7.36. The van der Waals surface area contributed by atoms with Gasteiger partial charge in [0.15, 0.2) is 0 Å². The molecular weight excluding hydrogens is 414 g/mol. The monoisotopic (exact) mass is 439 g/mol. The summed E-state index contributed by atoms with van der Waals surface area (Å²) in [5, 5.41) is 20.2. The summed E-state index contributed by atoms with van der Waals surface area (Å²) in [7, 11) is 0. The van der Waals surface area contributed by atoms with Crippen molar-refractivity contribution in [3.8, 4) is 0 Å². The number of aliphatic hydroxyl groups is 1. The molecular formula is C24H26ClN3O3. The third kappa shape index (κ3) is 4.83. The topological polar surface area (TPSA) is 88.6 Å². The number of nitrogens with zero attached hydrogens (tertiary/aromatic N) is 1. The first-order chi connectivity index (χ1) is 15.1. The Kier molecular flexibility index (Phi) is 6.73. The number of halogens is 1. The Morgan fingerprint density at radius 2 is 2.13 bits per heavy atom. The van der Waals surface area contributed by atoms with Crippen molar-refractivity contribution in [3.05, 3.63) is 75.9 Å². The van der Waals surface area contributed by atoms with Gasteiger partial charge in [-0.2, -0.15) is 0 Å². The molecule has 0 aliphatic heterocycles. The van der Waals surface area contributed by atoms with Gasteiger partial charge >= 0.3 is 0 Å². The molecule has 0 saturated heterocycles. The molecule has 1 aromatic heterocycles. The van der Waals surface area contributed by atoms with E-state index < -0.39 is 5.91 Å². The summed E-state index contributed by atoms with van der Waals surface area (Å²) < 4.78 is 0. The molecule has 0 radical (unpaired) electrons. The molecule has 0 unspecified atom stereocenters. The van der Waals surface area contributed by atoms with Gasteiger partial charge in [-0.05, 0) is 65.8 Å². The minimum Gasteiger partial charge on any atom is -0.395 e. The minimum atomic E-state index is -0.550. The van der Waals surface area contributed by atoms with E-state index in [4.69, 9.17) is 16.8 Å². The van der Waals surface area contributed by atoms with Crippen LogP contribution < -0.4 is 5.48 Å². The summed E-state index contributed by atoms with van der Waals surface area (Å²) in [6.07, 6.45) is 7.86. The Morgan fingerprint density at radius 3 is 2.94 bits per heavy atom. The molecule has 1 atom stereocenters. The van der Waals surface area contributed by atoms with Crippen molar-refractivity contribution in [3.63, 3.8) is 0 Å². The lowest BCUT2D eigenvalue weighted by atomic mass is 10.0. The molecule has 6 nitrogen and oxygen atoms in total. The van der Waals surface area contributed by atoms with Crippen LogP contribution in [0.15, 0.2) is 48.7 Å². The van der Waals surface area contributed by atoms with Crippen molar-refractivity contribution in [2.24, 2.45) is 0 Å². The first-order valence-electron chi connectivity index (χ1n) is 10.4. The molecule has 0 fully saturated rings. The summed E-state index contributed by atoms with van der Waals surface area (Å²) in [4.78, 5) is 16.9. The molecule has 0 saturated carbocycles. The average molecular weight is 440 g/mol. The van der Waals surface area contributed by atoms with E-state index in [1.807, 2.05) is 30.5 Å². The Bertz CT molecular complexity index is 1110. The molecule has 0 spiro atoms. The highest BCUT2D eigenvalue weighted by Gasteiger charge is 2.27. The molecule has 162 valence electrons. The number of carbonyl (C=O) groups is 1. The van der Waals surface area contributed by atoms with E-state index in [0.717, 1.165) is 47.3 Å². The van der Waals surface area contributed by atoms with Crippen LogP contribution in [0, 0.1) is 0 Å². The maximum Gasteiger partial charge on any atom is 0.267 e. The zero-order valence-corrected chi connectivity index (χ0v) is 17.9. The fourth-order valence-corrected chi connectivity index (χ4v) is 4.65. The van der Waals surface area contributed by atoms with E-state index in [2.05, 4.69) is 22.0 Å². The predicted octanol–water partition coefficient (Wildman–Crippen LogP) is 3.86. The number of hydrogen-bond acceptors (Lipinski definition) is 4. The highest BCUT2D eigenvalue weighted by molar-refractivity contribution is 6.31. The van der Waals surface area contributed by atoms with Crippen LogP contribution in [-0.2, 0) is 17.6 Å². The van der Waals surface area contributed by atoms with Gasteiger partial charge in [-0.25, -0.2) is 5.48 Å². The van der Waals surface area contributed by atoms with Gasteiger partial charge in [0.05, 0.1) is 6.61 Å². The van der Waals surface area contributed by atoms with Gasteiger partial charge in [0.1, 0.15) is 0 Å².